The van der Waals surface area contributed by atoms with E-state index in [1.54, 1.807) is 19.2 Å². The van der Waals surface area contributed by atoms with E-state index in [4.69, 9.17) is 9.47 Å². The number of rotatable bonds is 19. The summed E-state index contributed by atoms with van der Waals surface area (Å²) in [6.45, 7) is 13.4. The van der Waals surface area contributed by atoms with Crippen molar-refractivity contribution in [2.45, 2.75) is 71.2 Å². The van der Waals surface area contributed by atoms with Gasteiger partial charge in [-0.05, 0) is 62.3 Å². The number of hydrogen-bond donors (Lipinski definition) is 1. The van der Waals surface area contributed by atoms with E-state index < -0.39 is 10.0 Å². The number of carbonyl (C=O) groups is 1. The van der Waals surface area contributed by atoms with Crippen LogP contribution < -0.4 is 9.46 Å². The minimum atomic E-state index is -4.09. The molecular formula is C34H49N5O5S. The zero-order chi connectivity index (χ0) is 33.0. The second kappa shape index (κ2) is 17.4. The summed E-state index contributed by atoms with van der Waals surface area (Å²) in [5.41, 5.74) is 3.67. The van der Waals surface area contributed by atoms with Crippen LogP contribution in [0.1, 0.15) is 67.9 Å². The monoisotopic (exact) mass is 639 g/mol. The summed E-state index contributed by atoms with van der Waals surface area (Å²) >= 11 is 0. The van der Waals surface area contributed by atoms with Gasteiger partial charge >= 0.3 is 0 Å². The van der Waals surface area contributed by atoms with E-state index in [9.17, 15) is 13.2 Å². The van der Waals surface area contributed by atoms with Gasteiger partial charge < -0.3 is 9.47 Å². The zero-order valence-corrected chi connectivity index (χ0v) is 28.6. The summed E-state index contributed by atoms with van der Waals surface area (Å²) in [6.07, 6.45) is 4.60. The van der Waals surface area contributed by atoms with Crippen molar-refractivity contribution in [1.29, 1.82) is 0 Å². The van der Waals surface area contributed by atoms with Crippen molar-refractivity contribution < 1.29 is 22.7 Å². The van der Waals surface area contributed by atoms with Crippen LogP contribution in [0.2, 0.25) is 0 Å². The van der Waals surface area contributed by atoms with Gasteiger partial charge in [0.2, 0.25) is 11.8 Å². The number of aromatic nitrogens is 2. The molecule has 45 heavy (non-hydrogen) atoms. The van der Waals surface area contributed by atoms with Gasteiger partial charge in [-0.15, -0.1) is 0 Å². The highest BCUT2D eigenvalue weighted by molar-refractivity contribution is 7.92. The lowest BCUT2D eigenvalue weighted by molar-refractivity contribution is -0.0605. The number of sulfonamides is 1. The molecule has 2 aromatic carbocycles. The van der Waals surface area contributed by atoms with Crippen molar-refractivity contribution in [3.63, 3.8) is 0 Å². The average Bonchev–Trinajstić information content (AvgIpc) is 3.00. The summed E-state index contributed by atoms with van der Waals surface area (Å²) in [7, 11) is -0.260. The fraction of sp³-hybridized carbons (Fsp3) is 0.500. The molecule has 0 radical (unpaired) electrons. The molecule has 10 nitrogen and oxygen atoms in total. The normalized spacial score (nSPS) is 12.6. The van der Waals surface area contributed by atoms with E-state index in [0.29, 0.717) is 31.1 Å². The van der Waals surface area contributed by atoms with Gasteiger partial charge in [0.25, 0.3) is 10.0 Å². The molecule has 0 spiro atoms. The number of likely N-dealkylation sites (N-methyl/N-ethyl adjacent to an activating group) is 1. The SMILES string of the molecule is CCCCN(CCCOC)N(C)[C@@H](COc1cc(-c2c(C)cccc2C)nc(NS(=O)(=O)c2cccc(C=O)c2)n1)CC(C)C. The first-order valence-corrected chi connectivity index (χ1v) is 17.1. The highest BCUT2D eigenvalue weighted by Crippen LogP contribution is 2.30. The molecule has 246 valence electrons. The number of nitrogens with one attached hydrogen (secondary N) is 1. The Morgan fingerprint density at radius 3 is 2.33 bits per heavy atom. The van der Waals surface area contributed by atoms with Gasteiger partial charge in [-0.25, -0.2) is 28.1 Å². The smallest absolute Gasteiger partial charge is 0.264 e. The first kappa shape index (κ1) is 36.1. The molecule has 0 aliphatic heterocycles. The Bertz CT molecular complexity index is 1480. The summed E-state index contributed by atoms with van der Waals surface area (Å²) in [6, 6.07) is 13.6. The van der Waals surface area contributed by atoms with E-state index in [0.717, 1.165) is 55.5 Å². The van der Waals surface area contributed by atoms with E-state index in [2.05, 4.69) is 52.5 Å². The van der Waals surface area contributed by atoms with Crippen LogP contribution in [0.25, 0.3) is 11.3 Å². The highest BCUT2D eigenvalue weighted by Gasteiger charge is 2.24. The van der Waals surface area contributed by atoms with E-state index in [-0.39, 0.29) is 28.3 Å². The lowest BCUT2D eigenvalue weighted by atomic mass is 10.00. The Hall–Kier alpha value is -3.38. The zero-order valence-electron chi connectivity index (χ0n) is 27.7. The predicted octanol–water partition coefficient (Wildman–Crippen LogP) is 6.15. The molecule has 1 N–H and O–H groups in total. The van der Waals surface area contributed by atoms with Crippen molar-refractivity contribution in [2.75, 3.05) is 45.2 Å². The van der Waals surface area contributed by atoms with Crippen molar-refractivity contribution in [3.8, 4) is 17.1 Å². The van der Waals surface area contributed by atoms with Gasteiger partial charge in [0.1, 0.15) is 12.9 Å². The first-order chi connectivity index (χ1) is 21.5. The molecule has 3 rings (SSSR count). The number of methoxy groups -OCH3 is 1. The van der Waals surface area contributed by atoms with Crippen molar-refractivity contribution >= 4 is 22.3 Å². The first-order valence-electron chi connectivity index (χ1n) is 15.6. The molecule has 0 amide bonds. The molecule has 11 heteroatoms. The topological polar surface area (TPSA) is 114 Å². The van der Waals surface area contributed by atoms with Crippen LogP contribution in [0.15, 0.2) is 53.4 Å². The molecule has 0 aliphatic carbocycles. The molecule has 0 bridgehead atoms. The fourth-order valence-corrected chi connectivity index (χ4v) is 6.27. The number of hydrogen-bond acceptors (Lipinski definition) is 9. The molecule has 0 saturated carbocycles. The lowest BCUT2D eigenvalue weighted by Crippen LogP contribution is -2.50. The Morgan fingerprint density at radius 1 is 1.00 bits per heavy atom. The molecular weight excluding hydrogens is 590 g/mol. The number of aldehydes is 1. The number of ether oxygens (including phenoxy) is 2. The maximum atomic E-state index is 13.3. The molecule has 1 aromatic heterocycles. The van der Waals surface area contributed by atoms with E-state index in [1.165, 1.54) is 18.2 Å². The second-order valence-electron chi connectivity index (χ2n) is 11.8. The Kier molecular flexibility index (Phi) is 13.9. The van der Waals surface area contributed by atoms with Gasteiger partial charge in [-0.2, -0.15) is 4.98 Å². The third-order valence-electron chi connectivity index (χ3n) is 7.65. The van der Waals surface area contributed by atoms with Crippen LogP contribution in [-0.2, 0) is 14.8 Å². The van der Waals surface area contributed by atoms with Crippen molar-refractivity contribution in [2.24, 2.45) is 5.92 Å². The largest absolute Gasteiger partial charge is 0.476 e. The van der Waals surface area contributed by atoms with Gasteiger partial charge in [0.05, 0.1) is 16.6 Å². The number of aryl methyl sites for hydroxylation is 2. The van der Waals surface area contributed by atoms with Gasteiger partial charge in [0.15, 0.2) is 0 Å². The van der Waals surface area contributed by atoms with Crippen LogP contribution in [0.5, 0.6) is 5.88 Å². The number of anilines is 1. The molecule has 0 aliphatic rings. The van der Waals surface area contributed by atoms with Crippen molar-refractivity contribution in [3.05, 3.63) is 65.2 Å². The minimum Gasteiger partial charge on any atom is -0.476 e. The lowest BCUT2D eigenvalue weighted by Gasteiger charge is -2.38. The molecule has 0 fully saturated rings. The summed E-state index contributed by atoms with van der Waals surface area (Å²) < 4.78 is 40.9. The van der Waals surface area contributed by atoms with Crippen molar-refractivity contribution in [1.82, 2.24) is 20.0 Å². The summed E-state index contributed by atoms with van der Waals surface area (Å²) in [5.74, 6) is 0.580. The fourth-order valence-electron chi connectivity index (χ4n) is 5.27. The van der Waals surface area contributed by atoms with E-state index in [1.807, 2.05) is 32.0 Å². The number of hydrazine groups is 1. The quantitative estimate of drug-likeness (QED) is 0.0937. The number of nitrogens with zero attached hydrogens (tertiary/aromatic N) is 4. The van der Waals surface area contributed by atoms with Crippen LogP contribution in [0, 0.1) is 19.8 Å². The molecule has 3 aromatic rings. The molecule has 0 saturated heterocycles. The molecule has 0 unspecified atom stereocenters. The third-order valence-corrected chi connectivity index (χ3v) is 8.97. The molecule has 1 atom stereocenters. The Morgan fingerprint density at radius 2 is 1.69 bits per heavy atom. The second-order valence-corrected chi connectivity index (χ2v) is 13.5. The molecule has 1 heterocycles. The Labute approximate surface area is 269 Å². The number of benzene rings is 2. The van der Waals surface area contributed by atoms with Gasteiger partial charge in [0, 0.05) is 51.0 Å². The maximum absolute atomic E-state index is 13.3. The van der Waals surface area contributed by atoms with Crippen LogP contribution in [-0.4, -0.2) is 81.2 Å². The van der Waals surface area contributed by atoms with Gasteiger partial charge in [-0.1, -0.05) is 57.5 Å². The average molecular weight is 640 g/mol. The standard InChI is InChI=1S/C34H49N5O5S/c1-8-9-17-39(18-12-19-43-7)38(6)29(20-25(2)3)24-44-32-22-31(33-26(4)13-10-14-27(33)5)35-34(36-32)37-45(41,42)30-16-11-15-28(21-30)23-40/h10-11,13-16,21-23,25,29H,8-9,12,17-20,24H2,1-7H3,(H,35,36,37)/t29-/m1/s1. The van der Waals surface area contributed by atoms with Crippen LogP contribution in [0.3, 0.4) is 0 Å². The highest BCUT2D eigenvalue weighted by atomic mass is 32.2. The number of carbonyl (C=O) groups excluding carboxylic acids is 1. The van der Waals surface area contributed by atoms with Crippen LogP contribution in [0.4, 0.5) is 5.95 Å². The Balaban J connectivity index is 1.98. The summed E-state index contributed by atoms with van der Waals surface area (Å²) in [4.78, 5) is 20.3. The third kappa shape index (κ3) is 10.6. The van der Waals surface area contributed by atoms with E-state index >= 15 is 0 Å². The number of unbranched alkanes of at least 4 members (excludes halogenated alkanes) is 1. The maximum Gasteiger partial charge on any atom is 0.264 e. The van der Waals surface area contributed by atoms with Crippen LogP contribution >= 0.6 is 0 Å². The van der Waals surface area contributed by atoms with Gasteiger partial charge in [-0.3, -0.25) is 4.79 Å². The predicted molar refractivity (Wildman–Crippen MR) is 179 cm³/mol. The minimum absolute atomic E-state index is 0.0502. The summed E-state index contributed by atoms with van der Waals surface area (Å²) in [5, 5.41) is 4.65.